The second-order valence-electron chi connectivity index (χ2n) is 6.39. The van der Waals surface area contributed by atoms with E-state index in [1.807, 2.05) is 42.5 Å². The van der Waals surface area contributed by atoms with E-state index in [0.717, 1.165) is 43.3 Å². The third-order valence-electron chi connectivity index (χ3n) is 4.52. The minimum absolute atomic E-state index is 0.0581. The maximum atomic E-state index is 12.6. The molecule has 3 rings (SSSR count). The summed E-state index contributed by atoms with van der Waals surface area (Å²) in [4.78, 5) is 17.3. The molecule has 1 fully saturated rings. The Bertz CT molecular complexity index is 709. The predicted octanol–water partition coefficient (Wildman–Crippen LogP) is 3.55. The summed E-state index contributed by atoms with van der Waals surface area (Å²) in [6.45, 7) is 4.04. The number of carbonyl (C=O) groups is 1. The number of hydrogen-bond acceptors (Lipinski definition) is 4. The van der Waals surface area contributed by atoms with Crippen LogP contribution in [0.4, 0.5) is 11.4 Å². The summed E-state index contributed by atoms with van der Waals surface area (Å²) < 4.78 is 0. The Morgan fingerprint density at radius 1 is 1.04 bits per heavy atom. The Labute approximate surface area is 154 Å². The molecule has 1 saturated heterocycles. The van der Waals surface area contributed by atoms with Crippen molar-refractivity contribution >= 4 is 29.0 Å². The highest BCUT2D eigenvalue weighted by molar-refractivity contribution is 7.97. The molecule has 0 unspecified atom stereocenters. The number of anilines is 2. The number of nitrogens with one attached hydrogen (secondary N) is 1. The van der Waals surface area contributed by atoms with Crippen LogP contribution in [-0.2, 0) is 5.75 Å². The number of likely N-dealkylation sites (N-methyl/N-ethyl adjacent to an activating group) is 1. The van der Waals surface area contributed by atoms with Crippen LogP contribution in [0.5, 0.6) is 0 Å². The summed E-state index contributed by atoms with van der Waals surface area (Å²) in [5.74, 6) is 0.908. The van der Waals surface area contributed by atoms with Gasteiger partial charge in [0.1, 0.15) is 0 Å². The third kappa shape index (κ3) is 4.55. The van der Waals surface area contributed by atoms with E-state index in [2.05, 4.69) is 34.5 Å². The van der Waals surface area contributed by atoms with Crippen LogP contribution in [0, 0.1) is 0 Å². The molecule has 0 aliphatic carbocycles. The van der Waals surface area contributed by atoms with Gasteiger partial charge in [0.05, 0.1) is 11.4 Å². The van der Waals surface area contributed by atoms with Crippen molar-refractivity contribution in [3.8, 4) is 0 Å². The lowest BCUT2D eigenvalue weighted by atomic mass is 10.1. The molecule has 25 heavy (non-hydrogen) atoms. The molecule has 1 amide bonds. The van der Waals surface area contributed by atoms with Gasteiger partial charge < -0.3 is 15.1 Å². The van der Waals surface area contributed by atoms with Gasteiger partial charge in [0.2, 0.25) is 0 Å². The van der Waals surface area contributed by atoms with Gasteiger partial charge >= 0.3 is 0 Å². The third-order valence-corrected chi connectivity index (χ3v) is 5.15. The van der Waals surface area contributed by atoms with Gasteiger partial charge in [0, 0.05) is 37.5 Å². The van der Waals surface area contributed by atoms with E-state index in [1.54, 1.807) is 11.8 Å². The number of benzene rings is 2. The highest BCUT2D eigenvalue weighted by atomic mass is 32.2. The monoisotopic (exact) mass is 355 g/mol. The van der Waals surface area contributed by atoms with Crippen molar-refractivity contribution in [2.75, 3.05) is 49.7 Å². The molecule has 0 bridgehead atoms. The number of amides is 1. The lowest BCUT2D eigenvalue weighted by Gasteiger charge is -2.35. The molecule has 4 nitrogen and oxygen atoms in total. The lowest BCUT2D eigenvalue weighted by molar-refractivity contribution is 0.102. The SMILES string of the molecule is CSCc1ccc(C(=O)Nc2ccccc2N2CCN(C)CC2)cc1. The Morgan fingerprint density at radius 2 is 1.72 bits per heavy atom. The summed E-state index contributed by atoms with van der Waals surface area (Å²) >= 11 is 1.78. The second-order valence-corrected chi connectivity index (χ2v) is 7.26. The lowest BCUT2D eigenvalue weighted by Crippen LogP contribution is -2.44. The van der Waals surface area contributed by atoms with Crippen LogP contribution in [0.15, 0.2) is 48.5 Å². The van der Waals surface area contributed by atoms with Crippen molar-refractivity contribution in [2.24, 2.45) is 0 Å². The van der Waals surface area contributed by atoms with E-state index >= 15 is 0 Å². The average molecular weight is 356 g/mol. The van der Waals surface area contributed by atoms with Crippen LogP contribution in [0.1, 0.15) is 15.9 Å². The first-order valence-corrected chi connectivity index (χ1v) is 9.98. The van der Waals surface area contributed by atoms with E-state index in [4.69, 9.17) is 0 Å². The number of rotatable bonds is 5. The van der Waals surface area contributed by atoms with Crippen molar-refractivity contribution in [1.82, 2.24) is 4.90 Å². The van der Waals surface area contributed by atoms with Gasteiger partial charge in [0.25, 0.3) is 5.91 Å². The van der Waals surface area contributed by atoms with Gasteiger partial charge in [-0.1, -0.05) is 24.3 Å². The predicted molar refractivity (Wildman–Crippen MR) is 108 cm³/mol. The van der Waals surface area contributed by atoms with Gasteiger partial charge in [-0.05, 0) is 43.1 Å². The van der Waals surface area contributed by atoms with Gasteiger partial charge in [-0.2, -0.15) is 11.8 Å². The molecule has 0 spiro atoms. The largest absolute Gasteiger partial charge is 0.367 e. The first kappa shape index (κ1) is 17.8. The normalized spacial score (nSPS) is 15.2. The number of nitrogens with zero attached hydrogens (tertiary/aromatic N) is 2. The van der Waals surface area contributed by atoms with Crippen LogP contribution in [0.25, 0.3) is 0 Å². The van der Waals surface area contributed by atoms with Crippen molar-refractivity contribution in [3.63, 3.8) is 0 Å². The fraction of sp³-hybridized carbons (Fsp3) is 0.350. The van der Waals surface area contributed by atoms with Crippen molar-refractivity contribution < 1.29 is 4.79 Å². The average Bonchev–Trinajstić information content (AvgIpc) is 2.64. The molecule has 0 saturated carbocycles. The molecule has 2 aromatic rings. The molecule has 2 aromatic carbocycles. The van der Waals surface area contributed by atoms with Crippen LogP contribution in [0.2, 0.25) is 0 Å². The van der Waals surface area contributed by atoms with E-state index in [-0.39, 0.29) is 5.91 Å². The summed E-state index contributed by atoms with van der Waals surface area (Å²) in [6.07, 6.45) is 2.08. The summed E-state index contributed by atoms with van der Waals surface area (Å²) in [5, 5.41) is 3.09. The number of thioether (sulfide) groups is 1. The maximum absolute atomic E-state index is 12.6. The minimum atomic E-state index is -0.0581. The molecule has 1 N–H and O–H groups in total. The van der Waals surface area contributed by atoms with Gasteiger partial charge in [0.15, 0.2) is 0 Å². The summed E-state index contributed by atoms with van der Waals surface area (Å²) in [5.41, 5.74) is 3.91. The number of piperazine rings is 1. The zero-order valence-corrected chi connectivity index (χ0v) is 15.7. The molecule has 0 aromatic heterocycles. The Kier molecular flexibility index (Phi) is 6.00. The summed E-state index contributed by atoms with van der Waals surface area (Å²) in [7, 11) is 2.14. The maximum Gasteiger partial charge on any atom is 0.255 e. The molecule has 1 heterocycles. The van der Waals surface area contributed by atoms with Crippen molar-refractivity contribution in [1.29, 1.82) is 0 Å². The fourth-order valence-electron chi connectivity index (χ4n) is 3.02. The fourth-order valence-corrected chi connectivity index (χ4v) is 3.54. The molecule has 132 valence electrons. The molecule has 1 aliphatic heterocycles. The Balaban J connectivity index is 1.73. The van der Waals surface area contributed by atoms with Crippen molar-refractivity contribution in [3.05, 3.63) is 59.7 Å². The first-order valence-electron chi connectivity index (χ1n) is 8.59. The van der Waals surface area contributed by atoms with Gasteiger partial charge in [-0.25, -0.2) is 0 Å². The summed E-state index contributed by atoms with van der Waals surface area (Å²) in [6, 6.07) is 15.9. The van der Waals surface area contributed by atoms with Crippen LogP contribution < -0.4 is 10.2 Å². The molecule has 1 aliphatic rings. The van der Waals surface area contributed by atoms with E-state index in [1.165, 1.54) is 5.56 Å². The zero-order chi connectivity index (χ0) is 17.6. The van der Waals surface area contributed by atoms with Crippen LogP contribution >= 0.6 is 11.8 Å². The molecular formula is C20H25N3OS. The first-order chi connectivity index (χ1) is 12.2. The topological polar surface area (TPSA) is 35.6 Å². The second kappa shape index (κ2) is 8.41. The Morgan fingerprint density at radius 3 is 2.40 bits per heavy atom. The van der Waals surface area contributed by atoms with Crippen molar-refractivity contribution in [2.45, 2.75) is 5.75 Å². The number of hydrogen-bond donors (Lipinski definition) is 1. The Hall–Kier alpha value is -1.98. The van der Waals surface area contributed by atoms with Crippen LogP contribution in [0.3, 0.4) is 0 Å². The minimum Gasteiger partial charge on any atom is -0.367 e. The van der Waals surface area contributed by atoms with E-state index < -0.39 is 0 Å². The number of para-hydroxylation sites is 2. The quantitative estimate of drug-likeness (QED) is 0.890. The van der Waals surface area contributed by atoms with E-state index in [0.29, 0.717) is 5.56 Å². The van der Waals surface area contributed by atoms with Gasteiger partial charge in [-0.3, -0.25) is 4.79 Å². The highest BCUT2D eigenvalue weighted by Crippen LogP contribution is 2.27. The molecular weight excluding hydrogens is 330 g/mol. The zero-order valence-electron chi connectivity index (χ0n) is 14.9. The molecule has 5 heteroatoms. The standard InChI is InChI=1S/C20H25N3OS/c1-22-11-13-23(14-12-22)19-6-4-3-5-18(19)21-20(24)17-9-7-16(8-10-17)15-25-2/h3-10H,11-15H2,1-2H3,(H,21,24). The van der Waals surface area contributed by atoms with Gasteiger partial charge in [-0.15, -0.1) is 0 Å². The number of carbonyl (C=O) groups excluding carboxylic acids is 1. The molecule has 0 atom stereocenters. The van der Waals surface area contributed by atoms with Crippen LogP contribution in [-0.4, -0.2) is 50.3 Å². The molecule has 0 radical (unpaired) electrons. The van der Waals surface area contributed by atoms with E-state index in [9.17, 15) is 4.79 Å². The highest BCUT2D eigenvalue weighted by Gasteiger charge is 2.18. The smallest absolute Gasteiger partial charge is 0.255 e.